The van der Waals surface area contributed by atoms with Gasteiger partial charge in [0.25, 0.3) is 8.32 Å². The first-order valence-corrected chi connectivity index (χ1v) is 15.5. The number of ether oxygens (including phenoxy) is 1. The Morgan fingerprint density at radius 2 is 1.40 bits per heavy atom. The molecular weight excluding hydrogens is 448 g/mol. The first kappa shape index (κ1) is 25.9. The minimum Gasteiger partial charge on any atom is -0.458 e. The number of hydrogen-bond donors (Lipinski definition) is 0. The van der Waals surface area contributed by atoms with E-state index < -0.39 is 8.32 Å². The molecule has 2 aliphatic rings. The number of benzene rings is 2. The fourth-order valence-electron chi connectivity index (χ4n) is 6.05. The molecule has 35 heavy (non-hydrogen) atoms. The van der Waals surface area contributed by atoms with Crippen LogP contribution in [0, 0.1) is 11.8 Å². The van der Waals surface area contributed by atoms with Gasteiger partial charge in [-0.2, -0.15) is 0 Å². The number of esters is 1. The van der Waals surface area contributed by atoms with Gasteiger partial charge in [-0.25, -0.2) is 0 Å². The molecule has 3 nitrogen and oxygen atoms in total. The summed E-state index contributed by atoms with van der Waals surface area (Å²) in [6.07, 6.45) is 13.6. The molecule has 0 spiro atoms. The third kappa shape index (κ3) is 5.98. The Kier molecular flexibility index (Phi) is 8.67. The van der Waals surface area contributed by atoms with Gasteiger partial charge < -0.3 is 9.16 Å². The number of allylic oxidation sites excluding steroid dienone is 1. The van der Waals surface area contributed by atoms with Crippen molar-refractivity contribution in [3.8, 4) is 0 Å². The van der Waals surface area contributed by atoms with Crippen LogP contribution in [-0.4, -0.2) is 27.0 Å². The van der Waals surface area contributed by atoms with Gasteiger partial charge in [-0.15, -0.1) is 0 Å². The molecule has 1 heterocycles. The highest BCUT2D eigenvalue weighted by Gasteiger charge is 2.50. The van der Waals surface area contributed by atoms with Crippen LogP contribution in [0.3, 0.4) is 0 Å². The predicted octanol–water partition coefficient (Wildman–Crippen LogP) is 6.41. The van der Waals surface area contributed by atoms with E-state index in [2.05, 4.69) is 93.6 Å². The maximum atomic E-state index is 11.5. The summed E-state index contributed by atoms with van der Waals surface area (Å²) >= 11 is 0. The zero-order valence-electron chi connectivity index (χ0n) is 21.7. The molecule has 2 aromatic carbocycles. The summed E-state index contributed by atoms with van der Waals surface area (Å²) in [5, 5.41) is 2.76. The molecule has 1 saturated heterocycles. The number of hydrogen-bond acceptors (Lipinski definition) is 3. The molecule has 1 aliphatic heterocycles. The summed E-state index contributed by atoms with van der Waals surface area (Å²) in [7, 11) is -2.40. The quantitative estimate of drug-likeness (QED) is 0.149. The maximum absolute atomic E-state index is 11.5. The summed E-state index contributed by atoms with van der Waals surface area (Å²) < 4.78 is 12.4. The van der Waals surface area contributed by atoms with E-state index >= 15 is 0 Å². The van der Waals surface area contributed by atoms with Crippen LogP contribution in [0.1, 0.15) is 72.1 Å². The van der Waals surface area contributed by atoms with Gasteiger partial charge in [0, 0.05) is 12.5 Å². The van der Waals surface area contributed by atoms with Gasteiger partial charge in [0.2, 0.25) is 0 Å². The van der Waals surface area contributed by atoms with Crippen molar-refractivity contribution >= 4 is 24.7 Å². The minimum absolute atomic E-state index is 0.0189. The number of rotatable bonds is 12. The average molecular weight is 491 g/mol. The van der Waals surface area contributed by atoms with Gasteiger partial charge in [-0.1, -0.05) is 120 Å². The van der Waals surface area contributed by atoms with Gasteiger partial charge >= 0.3 is 5.97 Å². The standard InChI is InChI=1S/C31H42O3Si/c1-31(2,3)35(26-17-11-8-12-18-26,27-19-13-9-14-20-27)33-23-15-7-5-4-6-10-16-25-21-22-29-28(25)24-30(32)34-29/h8-9,11-14,17-22,25,28-29H,4-7,10,15-16,23-24H2,1-3H3/t25-,28-,29-/m1/s1. The summed E-state index contributed by atoms with van der Waals surface area (Å²) in [5.74, 6) is 0.919. The Morgan fingerprint density at radius 1 is 0.829 bits per heavy atom. The van der Waals surface area contributed by atoms with E-state index in [0.29, 0.717) is 18.3 Å². The highest BCUT2D eigenvalue weighted by molar-refractivity contribution is 6.99. The molecule has 3 atom stereocenters. The van der Waals surface area contributed by atoms with Gasteiger partial charge in [-0.05, 0) is 40.2 Å². The second-order valence-electron chi connectivity index (χ2n) is 11.3. The van der Waals surface area contributed by atoms with Crippen LogP contribution in [0.4, 0.5) is 0 Å². The zero-order chi connectivity index (χ0) is 24.7. The molecule has 188 valence electrons. The van der Waals surface area contributed by atoms with E-state index in [1.165, 1.54) is 48.9 Å². The highest BCUT2D eigenvalue weighted by atomic mass is 28.4. The molecular formula is C31H42O3Si. The smallest absolute Gasteiger partial charge is 0.306 e. The van der Waals surface area contributed by atoms with Crippen molar-refractivity contribution in [2.75, 3.05) is 6.61 Å². The van der Waals surface area contributed by atoms with Crippen LogP contribution in [-0.2, 0) is 14.0 Å². The van der Waals surface area contributed by atoms with Gasteiger partial charge in [-0.3, -0.25) is 4.79 Å². The Hall–Kier alpha value is -2.17. The van der Waals surface area contributed by atoms with Crippen molar-refractivity contribution in [1.29, 1.82) is 0 Å². The summed E-state index contributed by atoms with van der Waals surface area (Å²) in [6, 6.07) is 21.8. The lowest BCUT2D eigenvalue weighted by Gasteiger charge is -2.43. The van der Waals surface area contributed by atoms with Crippen LogP contribution in [0.2, 0.25) is 5.04 Å². The van der Waals surface area contributed by atoms with Crippen molar-refractivity contribution in [1.82, 2.24) is 0 Å². The average Bonchev–Trinajstić information content (AvgIpc) is 3.40. The lowest BCUT2D eigenvalue weighted by Crippen LogP contribution is -2.66. The van der Waals surface area contributed by atoms with E-state index in [9.17, 15) is 4.79 Å². The van der Waals surface area contributed by atoms with Crippen LogP contribution < -0.4 is 10.4 Å². The molecule has 0 radical (unpaired) electrons. The first-order chi connectivity index (χ1) is 16.9. The van der Waals surface area contributed by atoms with E-state index in [1.54, 1.807) is 0 Å². The van der Waals surface area contributed by atoms with Gasteiger partial charge in [0.1, 0.15) is 6.10 Å². The summed E-state index contributed by atoms with van der Waals surface area (Å²) in [4.78, 5) is 11.5. The Labute approximate surface area is 213 Å². The number of carbonyl (C=O) groups excluding carboxylic acids is 1. The molecule has 0 unspecified atom stereocenters. The van der Waals surface area contributed by atoms with Crippen molar-refractivity contribution in [3.63, 3.8) is 0 Å². The van der Waals surface area contributed by atoms with Crippen LogP contribution >= 0.6 is 0 Å². The third-order valence-electron chi connectivity index (χ3n) is 7.86. The molecule has 0 N–H and O–H groups in total. The number of unbranched alkanes of at least 4 members (excludes halogenated alkanes) is 5. The summed E-state index contributed by atoms with van der Waals surface area (Å²) in [6.45, 7) is 7.84. The lowest BCUT2D eigenvalue weighted by molar-refractivity contribution is -0.140. The van der Waals surface area contributed by atoms with Crippen LogP contribution in [0.25, 0.3) is 0 Å². The van der Waals surface area contributed by atoms with Crippen molar-refractivity contribution in [3.05, 3.63) is 72.8 Å². The molecule has 0 bridgehead atoms. The van der Waals surface area contributed by atoms with E-state index in [0.717, 1.165) is 13.0 Å². The van der Waals surface area contributed by atoms with Crippen LogP contribution in [0.15, 0.2) is 72.8 Å². The van der Waals surface area contributed by atoms with Crippen molar-refractivity contribution in [2.45, 2.75) is 83.3 Å². The monoisotopic (exact) mass is 490 g/mol. The number of fused-ring (bicyclic) bond motifs is 1. The van der Waals surface area contributed by atoms with E-state index in [1.807, 2.05) is 0 Å². The Morgan fingerprint density at radius 3 is 2.00 bits per heavy atom. The fraction of sp³-hybridized carbons (Fsp3) is 0.516. The normalized spacial score (nSPS) is 21.8. The molecule has 0 saturated carbocycles. The van der Waals surface area contributed by atoms with Crippen molar-refractivity contribution in [2.24, 2.45) is 11.8 Å². The molecule has 2 aromatic rings. The molecule has 0 amide bonds. The second kappa shape index (κ2) is 11.7. The second-order valence-corrected chi connectivity index (χ2v) is 15.6. The lowest BCUT2D eigenvalue weighted by atomic mass is 9.88. The fourth-order valence-corrected chi connectivity index (χ4v) is 10.7. The SMILES string of the molecule is CC(C)(C)[Si](OCCCCCCCC[C@@H]1C=C[C@H]2OC(=O)C[C@H]12)(c1ccccc1)c1ccccc1. The topological polar surface area (TPSA) is 35.5 Å². The van der Waals surface area contributed by atoms with Crippen molar-refractivity contribution < 1.29 is 14.0 Å². The highest BCUT2D eigenvalue weighted by Crippen LogP contribution is 2.39. The van der Waals surface area contributed by atoms with Gasteiger partial charge in [0.05, 0.1) is 6.42 Å². The Balaban J connectivity index is 1.23. The number of carbonyl (C=O) groups is 1. The van der Waals surface area contributed by atoms with E-state index in [4.69, 9.17) is 9.16 Å². The molecule has 1 fully saturated rings. The first-order valence-electron chi connectivity index (χ1n) is 13.5. The molecule has 1 aliphatic carbocycles. The minimum atomic E-state index is -2.40. The molecule has 4 rings (SSSR count). The predicted molar refractivity (Wildman–Crippen MR) is 147 cm³/mol. The molecule has 4 heteroatoms. The maximum Gasteiger partial charge on any atom is 0.306 e. The molecule has 0 aromatic heterocycles. The summed E-state index contributed by atoms with van der Waals surface area (Å²) in [5.41, 5.74) is 0. The third-order valence-corrected chi connectivity index (χ3v) is 12.9. The Bertz CT molecular complexity index is 924. The zero-order valence-corrected chi connectivity index (χ0v) is 22.7. The van der Waals surface area contributed by atoms with Gasteiger partial charge in [0.15, 0.2) is 0 Å². The van der Waals surface area contributed by atoms with Crippen LogP contribution in [0.5, 0.6) is 0 Å². The van der Waals surface area contributed by atoms with E-state index in [-0.39, 0.29) is 17.1 Å². The largest absolute Gasteiger partial charge is 0.458 e.